The SMILES string of the molecule is CCN(CC)C(=S)Oc1cc(Cl)c(OCCCOc2ncc(C(F)(F)F)cc2Cl)c(Cl)c1. The summed E-state index contributed by atoms with van der Waals surface area (Å²) in [6, 6.07) is 3.84. The average molecular weight is 532 g/mol. The third-order valence-electron chi connectivity index (χ3n) is 4.11. The normalized spacial score (nSPS) is 11.2. The number of rotatable bonds is 9. The Balaban J connectivity index is 1.87. The number of alkyl halides is 3. The van der Waals surface area contributed by atoms with Crippen molar-refractivity contribution in [3.63, 3.8) is 0 Å². The monoisotopic (exact) mass is 530 g/mol. The molecule has 0 N–H and O–H groups in total. The second-order valence-electron chi connectivity index (χ2n) is 6.32. The number of halogens is 6. The molecule has 0 atom stereocenters. The van der Waals surface area contributed by atoms with E-state index in [0.29, 0.717) is 36.6 Å². The van der Waals surface area contributed by atoms with Crippen molar-refractivity contribution in [1.82, 2.24) is 9.88 Å². The zero-order valence-corrected chi connectivity index (χ0v) is 20.2. The lowest BCUT2D eigenvalue weighted by molar-refractivity contribution is -0.137. The Morgan fingerprint density at radius 2 is 1.59 bits per heavy atom. The van der Waals surface area contributed by atoms with E-state index in [-0.39, 0.29) is 39.9 Å². The molecule has 0 saturated heterocycles. The minimum Gasteiger partial charge on any atom is -0.490 e. The van der Waals surface area contributed by atoms with E-state index < -0.39 is 11.7 Å². The zero-order chi connectivity index (χ0) is 23.9. The molecule has 0 radical (unpaired) electrons. The number of thiocarbonyl (C=S) groups is 1. The van der Waals surface area contributed by atoms with Crippen molar-refractivity contribution in [3.8, 4) is 17.4 Å². The predicted molar refractivity (Wildman–Crippen MR) is 122 cm³/mol. The number of aromatic nitrogens is 1. The van der Waals surface area contributed by atoms with Crippen LogP contribution in [0.2, 0.25) is 15.1 Å². The van der Waals surface area contributed by atoms with E-state index in [1.54, 1.807) is 12.1 Å². The molecule has 1 aromatic carbocycles. The van der Waals surface area contributed by atoms with Gasteiger partial charge < -0.3 is 19.1 Å². The number of nitrogens with zero attached hydrogens (tertiary/aromatic N) is 2. The van der Waals surface area contributed by atoms with Gasteiger partial charge in [0, 0.05) is 37.8 Å². The maximum Gasteiger partial charge on any atom is 0.417 e. The van der Waals surface area contributed by atoms with E-state index in [1.807, 2.05) is 18.7 Å². The van der Waals surface area contributed by atoms with Gasteiger partial charge in [0.2, 0.25) is 5.88 Å². The van der Waals surface area contributed by atoms with Crippen LogP contribution in [-0.2, 0) is 6.18 Å². The van der Waals surface area contributed by atoms with Crippen LogP contribution in [0.5, 0.6) is 17.4 Å². The van der Waals surface area contributed by atoms with Gasteiger partial charge in [0.05, 0.1) is 28.8 Å². The number of hydrogen-bond acceptors (Lipinski definition) is 5. The van der Waals surface area contributed by atoms with Crippen LogP contribution in [0.25, 0.3) is 0 Å². The van der Waals surface area contributed by atoms with E-state index in [2.05, 4.69) is 4.98 Å². The number of hydrogen-bond donors (Lipinski definition) is 0. The highest BCUT2D eigenvalue weighted by Gasteiger charge is 2.31. The summed E-state index contributed by atoms with van der Waals surface area (Å²) in [5, 5.41) is 0.556. The van der Waals surface area contributed by atoms with Crippen molar-refractivity contribution in [2.75, 3.05) is 26.3 Å². The van der Waals surface area contributed by atoms with E-state index in [0.717, 1.165) is 6.07 Å². The Bertz CT molecular complexity index is 921. The molecule has 0 fully saturated rings. The molecule has 1 heterocycles. The van der Waals surface area contributed by atoms with Crippen LogP contribution in [0.15, 0.2) is 24.4 Å². The molecule has 2 aromatic rings. The summed E-state index contributed by atoms with van der Waals surface area (Å²) in [4.78, 5) is 5.46. The van der Waals surface area contributed by atoms with Crippen LogP contribution < -0.4 is 14.2 Å². The molecule has 0 bridgehead atoms. The Morgan fingerprint density at radius 1 is 1.00 bits per heavy atom. The minimum atomic E-state index is -4.53. The lowest BCUT2D eigenvalue weighted by Gasteiger charge is -2.21. The van der Waals surface area contributed by atoms with Crippen LogP contribution in [0.4, 0.5) is 13.2 Å². The van der Waals surface area contributed by atoms with Crippen LogP contribution in [0, 0.1) is 0 Å². The molecule has 0 spiro atoms. The molecule has 32 heavy (non-hydrogen) atoms. The first kappa shape index (κ1) is 26.6. The standard InChI is InChI=1S/C20H20Cl3F3N2O3S/c1-3-28(4-2)19(32)31-13-9-14(21)17(15(22)10-13)29-6-5-7-30-18-16(23)8-12(11-27-18)20(24,25)26/h8-11H,3-7H2,1-2H3. The summed E-state index contributed by atoms with van der Waals surface area (Å²) in [7, 11) is 0. The summed E-state index contributed by atoms with van der Waals surface area (Å²) < 4.78 is 54.5. The van der Waals surface area contributed by atoms with Gasteiger partial charge in [0.25, 0.3) is 5.17 Å². The average Bonchev–Trinajstić information content (AvgIpc) is 2.70. The summed E-state index contributed by atoms with van der Waals surface area (Å²) in [6.45, 7) is 5.60. The molecule has 2 rings (SSSR count). The Kier molecular flexibility index (Phi) is 9.94. The third-order valence-corrected chi connectivity index (χ3v) is 5.28. The van der Waals surface area contributed by atoms with Crippen LogP contribution in [-0.4, -0.2) is 41.4 Å². The Hall–Kier alpha value is -1.68. The van der Waals surface area contributed by atoms with Gasteiger partial charge in [-0.3, -0.25) is 0 Å². The molecule has 0 aliphatic rings. The second kappa shape index (κ2) is 12.0. The lowest BCUT2D eigenvalue weighted by Crippen LogP contribution is -2.32. The topological polar surface area (TPSA) is 43.8 Å². The molecule has 12 heteroatoms. The van der Waals surface area contributed by atoms with E-state index in [1.165, 1.54) is 0 Å². The summed E-state index contributed by atoms with van der Waals surface area (Å²) in [6.07, 6.45) is -3.50. The highest BCUT2D eigenvalue weighted by Crippen LogP contribution is 2.37. The van der Waals surface area contributed by atoms with Gasteiger partial charge in [-0.25, -0.2) is 4.98 Å². The van der Waals surface area contributed by atoms with Gasteiger partial charge in [-0.2, -0.15) is 13.2 Å². The van der Waals surface area contributed by atoms with Crippen molar-refractivity contribution in [3.05, 3.63) is 45.0 Å². The fourth-order valence-corrected chi connectivity index (χ4v) is 3.62. The molecular weight excluding hydrogens is 512 g/mol. The first-order valence-electron chi connectivity index (χ1n) is 9.50. The quantitative estimate of drug-likeness (QED) is 0.259. The highest BCUT2D eigenvalue weighted by atomic mass is 35.5. The fraction of sp³-hybridized carbons (Fsp3) is 0.400. The van der Waals surface area contributed by atoms with Gasteiger partial charge in [-0.05, 0) is 32.1 Å². The van der Waals surface area contributed by atoms with Gasteiger partial charge in [0.15, 0.2) is 5.75 Å². The van der Waals surface area contributed by atoms with Crippen molar-refractivity contribution < 1.29 is 27.4 Å². The first-order chi connectivity index (χ1) is 15.1. The summed E-state index contributed by atoms with van der Waals surface area (Å²) in [5.41, 5.74) is -0.951. The first-order valence-corrected chi connectivity index (χ1v) is 11.0. The number of pyridine rings is 1. The Labute approximate surface area is 204 Å². The summed E-state index contributed by atoms with van der Waals surface area (Å²) in [5.74, 6) is 0.553. The van der Waals surface area contributed by atoms with Crippen molar-refractivity contribution in [2.24, 2.45) is 0 Å². The molecular formula is C20H20Cl3F3N2O3S. The predicted octanol–water partition coefficient (Wildman–Crippen LogP) is 6.91. The number of ether oxygens (including phenoxy) is 3. The molecule has 1 aromatic heterocycles. The van der Waals surface area contributed by atoms with Crippen molar-refractivity contribution in [2.45, 2.75) is 26.4 Å². The van der Waals surface area contributed by atoms with Gasteiger partial charge in [-0.15, -0.1) is 0 Å². The van der Waals surface area contributed by atoms with Gasteiger partial charge in [-0.1, -0.05) is 34.8 Å². The second-order valence-corrected chi connectivity index (χ2v) is 7.89. The zero-order valence-electron chi connectivity index (χ0n) is 17.1. The maximum atomic E-state index is 12.6. The lowest BCUT2D eigenvalue weighted by atomic mass is 10.3. The molecule has 0 unspecified atom stereocenters. The van der Waals surface area contributed by atoms with E-state index in [4.69, 9.17) is 61.2 Å². The molecule has 5 nitrogen and oxygen atoms in total. The molecule has 0 amide bonds. The van der Waals surface area contributed by atoms with Crippen LogP contribution in [0.3, 0.4) is 0 Å². The van der Waals surface area contributed by atoms with Gasteiger partial charge >= 0.3 is 6.18 Å². The van der Waals surface area contributed by atoms with Crippen molar-refractivity contribution >= 4 is 52.2 Å². The third kappa shape index (κ3) is 7.43. The highest BCUT2D eigenvalue weighted by molar-refractivity contribution is 7.80. The number of benzene rings is 1. The molecule has 176 valence electrons. The maximum absolute atomic E-state index is 12.6. The van der Waals surface area contributed by atoms with E-state index in [9.17, 15) is 13.2 Å². The van der Waals surface area contributed by atoms with Gasteiger partial charge in [0.1, 0.15) is 10.8 Å². The fourth-order valence-electron chi connectivity index (χ4n) is 2.47. The molecule has 0 aliphatic carbocycles. The van der Waals surface area contributed by atoms with E-state index >= 15 is 0 Å². The van der Waals surface area contributed by atoms with Crippen LogP contribution >= 0.6 is 47.0 Å². The molecule has 0 aliphatic heterocycles. The Morgan fingerprint density at radius 3 is 2.12 bits per heavy atom. The van der Waals surface area contributed by atoms with Crippen molar-refractivity contribution in [1.29, 1.82) is 0 Å². The smallest absolute Gasteiger partial charge is 0.417 e. The van der Waals surface area contributed by atoms with Crippen LogP contribution in [0.1, 0.15) is 25.8 Å². The minimum absolute atomic E-state index is 0.0959. The molecule has 0 saturated carbocycles. The summed E-state index contributed by atoms with van der Waals surface area (Å²) >= 11 is 23.5. The largest absolute Gasteiger partial charge is 0.490 e.